The fourth-order valence-electron chi connectivity index (χ4n) is 2.32. The van der Waals surface area contributed by atoms with Gasteiger partial charge in [-0.25, -0.2) is 0 Å². The van der Waals surface area contributed by atoms with Gasteiger partial charge >= 0.3 is 0 Å². The van der Waals surface area contributed by atoms with Crippen LogP contribution < -0.4 is 15.2 Å². The van der Waals surface area contributed by atoms with E-state index in [2.05, 4.69) is 19.1 Å². The van der Waals surface area contributed by atoms with Gasteiger partial charge < -0.3 is 15.2 Å². The normalized spacial score (nSPS) is 13.5. The number of methoxy groups -OCH3 is 1. The minimum absolute atomic E-state index is 0.340. The summed E-state index contributed by atoms with van der Waals surface area (Å²) in [6.45, 7) is 2.70. The summed E-state index contributed by atoms with van der Waals surface area (Å²) in [5, 5.41) is 0. The minimum Gasteiger partial charge on any atom is -0.497 e. The lowest BCUT2D eigenvalue weighted by Crippen LogP contribution is -2.37. The lowest BCUT2D eigenvalue weighted by Gasteiger charge is -2.28. The van der Waals surface area contributed by atoms with Crippen molar-refractivity contribution < 1.29 is 9.47 Å². The molecule has 1 atom stereocenters. The zero-order valence-corrected chi connectivity index (χ0v) is 12.7. The van der Waals surface area contributed by atoms with Gasteiger partial charge in [0.1, 0.15) is 11.5 Å². The van der Waals surface area contributed by atoms with Crippen molar-refractivity contribution in [2.75, 3.05) is 13.7 Å². The van der Waals surface area contributed by atoms with Crippen LogP contribution in [-0.4, -0.2) is 13.7 Å². The van der Waals surface area contributed by atoms with Crippen LogP contribution in [0.4, 0.5) is 0 Å². The molecule has 3 nitrogen and oxygen atoms in total. The van der Waals surface area contributed by atoms with Crippen LogP contribution in [0.15, 0.2) is 54.6 Å². The maximum absolute atomic E-state index is 6.53. The summed E-state index contributed by atoms with van der Waals surface area (Å²) in [4.78, 5) is 0. The van der Waals surface area contributed by atoms with E-state index in [1.54, 1.807) is 7.11 Å². The van der Waals surface area contributed by atoms with Gasteiger partial charge in [0.15, 0.2) is 0 Å². The summed E-state index contributed by atoms with van der Waals surface area (Å²) in [5.74, 6) is 1.66. The molecule has 0 saturated heterocycles. The Balaban J connectivity index is 1.94. The van der Waals surface area contributed by atoms with Crippen molar-refractivity contribution in [1.82, 2.24) is 0 Å². The van der Waals surface area contributed by atoms with Gasteiger partial charge in [0.05, 0.1) is 13.7 Å². The van der Waals surface area contributed by atoms with Crippen LogP contribution in [-0.2, 0) is 5.54 Å². The lowest BCUT2D eigenvalue weighted by atomic mass is 9.85. The summed E-state index contributed by atoms with van der Waals surface area (Å²) >= 11 is 0. The van der Waals surface area contributed by atoms with E-state index in [0.29, 0.717) is 6.61 Å². The molecule has 0 bridgehead atoms. The molecular formula is C18H23NO2. The van der Waals surface area contributed by atoms with Gasteiger partial charge in [-0.1, -0.05) is 37.3 Å². The average Bonchev–Trinajstić information content (AvgIpc) is 2.56. The molecule has 1 unspecified atom stereocenters. The second-order valence-electron chi connectivity index (χ2n) is 5.15. The third kappa shape index (κ3) is 3.99. The van der Waals surface area contributed by atoms with Gasteiger partial charge in [0.2, 0.25) is 0 Å². The van der Waals surface area contributed by atoms with Crippen molar-refractivity contribution >= 4 is 0 Å². The first-order chi connectivity index (χ1) is 10.2. The number of benzene rings is 2. The van der Waals surface area contributed by atoms with Crippen LogP contribution in [0.5, 0.6) is 11.5 Å². The molecule has 0 fully saturated rings. The highest BCUT2D eigenvalue weighted by atomic mass is 16.5. The third-order valence-electron chi connectivity index (χ3n) is 3.86. The Morgan fingerprint density at radius 1 is 0.952 bits per heavy atom. The van der Waals surface area contributed by atoms with Crippen LogP contribution in [0.1, 0.15) is 25.3 Å². The monoisotopic (exact) mass is 285 g/mol. The molecule has 0 amide bonds. The van der Waals surface area contributed by atoms with Crippen LogP contribution in [0.3, 0.4) is 0 Å². The molecule has 2 aromatic carbocycles. The molecule has 21 heavy (non-hydrogen) atoms. The van der Waals surface area contributed by atoms with E-state index in [4.69, 9.17) is 15.2 Å². The van der Waals surface area contributed by atoms with E-state index in [0.717, 1.165) is 29.9 Å². The predicted molar refractivity (Wildman–Crippen MR) is 85.7 cm³/mol. The van der Waals surface area contributed by atoms with Gasteiger partial charge in [-0.2, -0.15) is 0 Å². The van der Waals surface area contributed by atoms with Crippen LogP contribution in [0.25, 0.3) is 0 Å². The average molecular weight is 285 g/mol. The first-order valence-electron chi connectivity index (χ1n) is 7.29. The summed E-state index contributed by atoms with van der Waals surface area (Å²) < 4.78 is 10.9. The molecule has 3 heteroatoms. The van der Waals surface area contributed by atoms with Crippen molar-refractivity contribution in [2.45, 2.75) is 25.3 Å². The molecule has 0 radical (unpaired) electrons. The molecule has 0 aliphatic rings. The number of hydrogen-bond acceptors (Lipinski definition) is 3. The summed E-state index contributed by atoms with van der Waals surface area (Å²) in [6, 6.07) is 17.8. The van der Waals surface area contributed by atoms with Gasteiger partial charge in [-0.3, -0.25) is 0 Å². The standard InChI is InChI=1S/C18H23NO2/c1-3-18(19,15-7-5-4-6-8-15)13-14-21-17-11-9-16(20-2)10-12-17/h4-12H,3,13-14,19H2,1-2H3. The Hall–Kier alpha value is -2.00. The maximum atomic E-state index is 6.53. The van der Waals surface area contributed by atoms with Gasteiger partial charge in [0, 0.05) is 12.0 Å². The highest BCUT2D eigenvalue weighted by molar-refractivity contribution is 5.31. The Bertz CT molecular complexity index is 539. The van der Waals surface area contributed by atoms with Crippen LogP contribution in [0, 0.1) is 0 Å². The molecule has 2 rings (SSSR count). The maximum Gasteiger partial charge on any atom is 0.119 e. The van der Waals surface area contributed by atoms with Crippen molar-refractivity contribution in [1.29, 1.82) is 0 Å². The van der Waals surface area contributed by atoms with Crippen molar-refractivity contribution in [3.63, 3.8) is 0 Å². The van der Waals surface area contributed by atoms with Gasteiger partial charge in [-0.05, 0) is 36.2 Å². The lowest BCUT2D eigenvalue weighted by molar-refractivity contribution is 0.253. The second-order valence-corrected chi connectivity index (χ2v) is 5.15. The van der Waals surface area contributed by atoms with E-state index in [9.17, 15) is 0 Å². The number of hydrogen-bond donors (Lipinski definition) is 1. The molecule has 0 aromatic heterocycles. The quantitative estimate of drug-likeness (QED) is 0.843. The zero-order chi connectivity index (χ0) is 15.1. The first-order valence-corrected chi connectivity index (χ1v) is 7.29. The molecule has 0 spiro atoms. The van der Waals surface area contributed by atoms with Crippen LogP contribution >= 0.6 is 0 Å². The molecule has 0 aliphatic heterocycles. The topological polar surface area (TPSA) is 44.5 Å². The number of rotatable bonds is 7. The molecule has 2 N–H and O–H groups in total. The molecular weight excluding hydrogens is 262 g/mol. The summed E-state index contributed by atoms with van der Waals surface area (Å²) in [5.41, 5.74) is 7.35. The summed E-state index contributed by atoms with van der Waals surface area (Å²) in [6.07, 6.45) is 1.66. The van der Waals surface area contributed by atoms with Gasteiger partial charge in [-0.15, -0.1) is 0 Å². The smallest absolute Gasteiger partial charge is 0.119 e. The van der Waals surface area contributed by atoms with E-state index in [-0.39, 0.29) is 5.54 Å². The molecule has 2 aromatic rings. The number of ether oxygens (including phenoxy) is 2. The van der Waals surface area contributed by atoms with Crippen molar-refractivity contribution in [2.24, 2.45) is 5.73 Å². The zero-order valence-electron chi connectivity index (χ0n) is 12.7. The highest BCUT2D eigenvalue weighted by Gasteiger charge is 2.24. The second kappa shape index (κ2) is 7.14. The summed E-state index contributed by atoms with van der Waals surface area (Å²) in [7, 11) is 1.65. The van der Waals surface area contributed by atoms with E-state index >= 15 is 0 Å². The predicted octanol–water partition coefficient (Wildman–Crippen LogP) is 3.73. The fraction of sp³-hybridized carbons (Fsp3) is 0.333. The van der Waals surface area contributed by atoms with Crippen LogP contribution in [0.2, 0.25) is 0 Å². The largest absolute Gasteiger partial charge is 0.497 e. The number of nitrogens with two attached hydrogens (primary N) is 1. The van der Waals surface area contributed by atoms with E-state index < -0.39 is 0 Å². The van der Waals surface area contributed by atoms with Crippen molar-refractivity contribution in [3.8, 4) is 11.5 Å². The van der Waals surface area contributed by atoms with E-state index in [1.807, 2.05) is 42.5 Å². The Morgan fingerprint density at radius 3 is 2.14 bits per heavy atom. The highest BCUT2D eigenvalue weighted by Crippen LogP contribution is 2.26. The fourth-order valence-corrected chi connectivity index (χ4v) is 2.32. The molecule has 112 valence electrons. The Morgan fingerprint density at radius 2 is 1.57 bits per heavy atom. The van der Waals surface area contributed by atoms with Gasteiger partial charge in [0.25, 0.3) is 0 Å². The van der Waals surface area contributed by atoms with Crippen molar-refractivity contribution in [3.05, 3.63) is 60.2 Å². The SMILES string of the molecule is CCC(N)(CCOc1ccc(OC)cc1)c1ccccc1. The Labute approximate surface area is 126 Å². The third-order valence-corrected chi connectivity index (χ3v) is 3.86. The molecule has 0 aliphatic carbocycles. The Kier molecular flexibility index (Phi) is 5.23. The van der Waals surface area contributed by atoms with E-state index in [1.165, 1.54) is 0 Å². The molecule has 0 heterocycles. The molecule has 0 saturated carbocycles. The first kappa shape index (κ1) is 15.4. The minimum atomic E-state index is -0.340.